The lowest BCUT2D eigenvalue weighted by atomic mass is 10.2. The zero-order valence-corrected chi connectivity index (χ0v) is 11.8. The minimum atomic E-state index is -0.634. The van der Waals surface area contributed by atoms with Crippen molar-refractivity contribution in [3.63, 3.8) is 0 Å². The third kappa shape index (κ3) is 8.80. The smallest absolute Gasteiger partial charge is 0.408 e. The molecule has 0 bridgehead atoms. The molecular formula is C11H22ClNO4. The summed E-state index contributed by atoms with van der Waals surface area (Å²) in [7, 11) is 1.29. The van der Waals surface area contributed by atoms with Gasteiger partial charge in [0.1, 0.15) is 11.6 Å². The van der Waals surface area contributed by atoms with E-state index in [1.54, 1.807) is 20.8 Å². The van der Waals surface area contributed by atoms with Crippen LogP contribution in [-0.4, -0.2) is 30.8 Å². The lowest BCUT2D eigenvalue weighted by Gasteiger charge is -2.22. The monoisotopic (exact) mass is 267 g/mol. The lowest BCUT2D eigenvalue weighted by molar-refractivity contribution is -0.143. The van der Waals surface area contributed by atoms with Crippen molar-refractivity contribution < 1.29 is 19.1 Å². The number of rotatable bonds is 4. The predicted octanol–water partition coefficient (Wildman–Crippen LogP) is 2.27. The van der Waals surface area contributed by atoms with E-state index in [-0.39, 0.29) is 12.4 Å². The van der Waals surface area contributed by atoms with Crippen molar-refractivity contribution in [2.24, 2.45) is 0 Å². The largest absolute Gasteiger partial charge is 0.467 e. The van der Waals surface area contributed by atoms with Gasteiger partial charge < -0.3 is 14.8 Å². The third-order valence-corrected chi connectivity index (χ3v) is 1.75. The first-order valence-corrected chi connectivity index (χ1v) is 5.37. The van der Waals surface area contributed by atoms with Gasteiger partial charge in [0.2, 0.25) is 0 Å². The van der Waals surface area contributed by atoms with E-state index in [2.05, 4.69) is 10.1 Å². The molecule has 0 aliphatic rings. The van der Waals surface area contributed by atoms with E-state index in [1.165, 1.54) is 7.11 Å². The molecular weight excluding hydrogens is 246 g/mol. The summed E-state index contributed by atoms with van der Waals surface area (Å²) in [5, 5.41) is 2.49. The Morgan fingerprint density at radius 1 is 1.29 bits per heavy atom. The van der Waals surface area contributed by atoms with Crippen molar-refractivity contribution >= 4 is 24.5 Å². The zero-order chi connectivity index (χ0) is 12.8. The molecule has 6 heteroatoms. The number of ether oxygens (including phenoxy) is 2. The molecule has 0 aliphatic carbocycles. The minimum absolute atomic E-state index is 0. The highest BCUT2D eigenvalue weighted by Crippen LogP contribution is 2.08. The standard InChI is InChI=1S/C11H21NO4.ClH/c1-6-7-8(9(13)15-5)12-10(14)16-11(2,3)4;/h8H,6-7H2,1-5H3,(H,12,14);1H/t8-;/m0./s1. The van der Waals surface area contributed by atoms with Crippen LogP contribution < -0.4 is 5.32 Å². The Hall–Kier alpha value is -0.970. The van der Waals surface area contributed by atoms with Gasteiger partial charge >= 0.3 is 12.1 Å². The fourth-order valence-corrected chi connectivity index (χ4v) is 1.13. The van der Waals surface area contributed by atoms with Crippen LogP contribution in [-0.2, 0) is 14.3 Å². The predicted molar refractivity (Wildman–Crippen MR) is 67.3 cm³/mol. The maximum absolute atomic E-state index is 11.4. The highest BCUT2D eigenvalue weighted by Gasteiger charge is 2.23. The number of methoxy groups -OCH3 is 1. The maximum Gasteiger partial charge on any atom is 0.408 e. The molecule has 1 N–H and O–H groups in total. The normalized spacial score (nSPS) is 12.1. The topological polar surface area (TPSA) is 64.6 Å². The van der Waals surface area contributed by atoms with Crippen molar-refractivity contribution in [3.05, 3.63) is 0 Å². The fourth-order valence-electron chi connectivity index (χ4n) is 1.13. The van der Waals surface area contributed by atoms with Crippen LogP contribution in [0.2, 0.25) is 0 Å². The van der Waals surface area contributed by atoms with E-state index in [0.29, 0.717) is 6.42 Å². The van der Waals surface area contributed by atoms with Crippen LogP contribution in [0.1, 0.15) is 40.5 Å². The summed E-state index contributed by atoms with van der Waals surface area (Å²) in [5.41, 5.74) is -0.572. The van der Waals surface area contributed by atoms with Gasteiger partial charge in [-0.2, -0.15) is 0 Å². The van der Waals surface area contributed by atoms with Crippen LogP contribution >= 0.6 is 12.4 Å². The summed E-state index contributed by atoms with van der Waals surface area (Å²) >= 11 is 0. The molecule has 0 saturated heterocycles. The molecule has 0 radical (unpaired) electrons. The highest BCUT2D eigenvalue weighted by atomic mass is 35.5. The molecule has 1 atom stereocenters. The first-order valence-electron chi connectivity index (χ1n) is 5.37. The van der Waals surface area contributed by atoms with Gasteiger partial charge in [0.15, 0.2) is 0 Å². The number of carbonyl (C=O) groups excluding carboxylic acids is 2. The number of hydrogen-bond acceptors (Lipinski definition) is 4. The average Bonchev–Trinajstić information content (AvgIpc) is 2.13. The molecule has 0 rings (SSSR count). The van der Waals surface area contributed by atoms with Crippen molar-refractivity contribution in [3.8, 4) is 0 Å². The molecule has 5 nitrogen and oxygen atoms in total. The fraction of sp³-hybridized carbons (Fsp3) is 0.818. The molecule has 0 aromatic carbocycles. The molecule has 0 aromatic rings. The van der Waals surface area contributed by atoms with Gasteiger partial charge in [-0.3, -0.25) is 0 Å². The van der Waals surface area contributed by atoms with Gasteiger partial charge in [-0.05, 0) is 27.2 Å². The summed E-state index contributed by atoms with van der Waals surface area (Å²) in [5.74, 6) is -0.451. The number of nitrogens with one attached hydrogen (secondary N) is 1. The second kappa shape index (κ2) is 8.17. The van der Waals surface area contributed by atoms with Crippen LogP contribution in [0.5, 0.6) is 0 Å². The van der Waals surface area contributed by atoms with Gasteiger partial charge in [0, 0.05) is 0 Å². The number of carbonyl (C=O) groups is 2. The van der Waals surface area contributed by atoms with E-state index in [1.807, 2.05) is 6.92 Å². The number of alkyl carbamates (subject to hydrolysis) is 1. The lowest BCUT2D eigenvalue weighted by Crippen LogP contribution is -2.43. The Morgan fingerprint density at radius 3 is 2.18 bits per heavy atom. The van der Waals surface area contributed by atoms with E-state index < -0.39 is 23.7 Å². The van der Waals surface area contributed by atoms with Crippen LogP contribution in [0.3, 0.4) is 0 Å². The number of amides is 1. The van der Waals surface area contributed by atoms with E-state index >= 15 is 0 Å². The molecule has 0 saturated carbocycles. The molecule has 0 aromatic heterocycles. The van der Waals surface area contributed by atoms with Gasteiger partial charge in [-0.25, -0.2) is 9.59 Å². The molecule has 0 spiro atoms. The van der Waals surface area contributed by atoms with E-state index in [9.17, 15) is 9.59 Å². The Morgan fingerprint density at radius 2 is 1.82 bits per heavy atom. The molecule has 102 valence electrons. The van der Waals surface area contributed by atoms with Crippen LogP contribution in [0.15, 0.2) is 0 Å². The first-order chi connectivity index (χ1) is 7.30. The molecule has 0 heterocycles. The van der Waals surface area contributed by atoms with Crippen LogP contribution in [0, 0.1) is 0 Å². The summed E-state index contributed by atoms with van der Waals surface area (Å²) < 4.78 is 9.64. The Bertz CT molecular complexity index is 250. The Balaban J connectivity index is 0. The zero-order valence-electron chi connectivity index (χ0n) is 11.0. The number of esters is 1. The summed E-state index contributed by atoms with van der Waals surface area (Å²) in [4.78, 5) is 22.7. The second-order valence-electron chi connectivity index (χ2n) is 4.51. The third-order valence-electron chi connectivity index (χ3n) is 1.75. The number of halogens is 1. The van der Waals surface area contributed by atoms with Crippen molar-refractivity contribution in [2.75, 3.05) is 7.11 Å². The Kier molecular flexibility index (Phi) is 8.84. The summed E-state index contributed by atoms with van der Waals surface area (Å²) in [6.07, 6.45) is 0.706. The van der Waals surface area contributed by atoms with Crippen LogP contribution in [0.25, 0.3) is 0 Å². The minimum Gasteiger partial charge on any atom is -0.467 e. The summed E-state index contributed by atoms with van der Waals surface area (Å²) in [6.45, 7) is 7.21. The molecule has 0 fully saturated rings. The quantitative estimate of drug-likeness (QED) is 0.794. The van der Waals surface area contributed by atoms with Gasteiger partial charge in [0.25, 0.3) is 0 Å². The van der Waals surface area contributed by atoms with Gasteiger partial charge in [-0.1, -0.05) is 13.3 Å². The van der Waals surface area contributed by atoms with E-state index in [0.717, 1.165) is 6.42 Å². The van der Waals surface area contributed by atoms with Crippen molar-refractivity contribution in [1.82, 2.24) is 5.32 Å². The van der Waals surface area contributed by atoms with Crippen molar-refractivity contribution in [2.45, 2.75) is 52.2 Å². The van der Waals surface area contributed by atoms with E-state index in [4.69, 9.17) is 4.74 Å². The Labute approximate surface area is 109 Å². The number of hydrogen-bond donors (Lipinski definition) is 1. The van der Waals surface area contributed by atoms with Crippen molar-refractivity contribution in [1.29, 1.82) is 0 Å². The van der Waals surface area contributed by atoms with Crippen LogP contribution in [0.4, 0.5) is 4.79 Å². The highest BCUT2D eigenvalue weighted by molar-refractivity contribution is 5.85. The van der Waals surface area contributed by atoms with Gasteiger partial charge in [-0.15, -0.1) is 12.4 Å². The second-order valence-corrected chi connectivity index (χ2v) is 4.51. The summed E-state index contributed by atoms with van der Waals surface area (Å²) in [6, 6.07) is -0.634. The molecule has 1 amide bonds. The van der Waals surface area contributed by atoms with Gasteiger partial charge in [0.05, 0.1) is 7.11 Å². The molecule has 0 unspecified atom stereocenters. The maximum atomic E-state index is 11.4. The molecule has 0 aliphatic heterocycles. The molecule has 17 heavy (non-hydrogen) atoms. The average molecular weight is 268 g/mol. The SMILES string of the molecule is CCC[C@H](NC(=O)OC(C)(C)C)C(=O)OC.Cl. The first kappa shape index (κ1) is 18.4.